The van der Waals surface area contributed by atoms with Crippen LogP contribution >= 0.6 is 0 Å². The molecule has 4 heteroatoms. The topological polar surface area (TPSA) is 55.6 Å². The second-order valence-electron chi connectivity index (χ2n) is 2.65. The molecule has 1 heterocycles. The lowest BCUT2D eigenvalue weighted by atomic mass is 10.3. The number of hydrazine groups is 1. The van der Waals surface area contributed by atoms with Gasteiger partial charge in [0.25, 0.3) is 0 Å². The Morgan fingerprint density at radius 1 is 1.67 bits per heavy atom. The van der Waals surface area contributed by atoms with Crippen LogP contribution in [0.3, 0.4) is 0 Å². The molecule has 0 radical (unpaired) electrons. The first-order valence-electron chi connectivity index (χ1n) is 2.96. The molecule has 2 aliphatic rings. The first-order chi connectivity index (χ1) is 4.25. The van der Waals surface area contributed by atoms with Crippen LogP contribution in [0.2, 0.25) is 0 Å². The molecule has 1 amide bonds. The highest BCUT2D eigenvalue weighted by Crippen LogP contribution is 2.43. The number of nitrogens with two attached hydrogens (primary N) is 1. The van der Waals surface area contributed by atoms with Crippen LogP contribution in [0.15, 0.2) is 0 Å². The smallest absolute Gasteiger partial charge is 0.424 e. The molecule has 0 atom stereocenters. The maximum Gasteiger partial charge on any atom is 0.424 e. The van der Waals surface area contributed by atoms with Crippen molar-refractivity contribution < 1.29 is 9.53 Å². The van der Waals surface area contributed by atoms with Crippen molar-refractivity contribution in [2.75, 3.05) is 6.61 Å². The molecule has 0 aromatic heterocycles. The Bertz CT molecular complexity index is 164. The van der Waals surface area contributed by atoms with E-state index in [4.69, 9.17) is 10.6 Å². The summed E-state index contributed by atoms with van der Waals surface area (Å²) in [5.41, 5.74) is -0.0862. The lowest BCUT2D eigenvalue weighted by Crippen LogP contribution is -2.41. The number of hydrogen-bond acceptors (Lipinski definition) is 3. The van der Waals surface area contributed by atoms with E-state index in [1.807, 2.05) is 0 Å². The van der Waals surface area contributed by atoms with Gasteiger partial charge in [-0.1, -0.05) is 0 Å². The molecule has 0 aromatic rings. The summed E-state index contributed by atoms with van der Waals surface area (Å²) >= 11 is 0. The molecule has 1 saturated heterocycles. The standard InChI is InChI=1S/C5H8N2O2/c6-7-4(8)9-3-5(7)1-2-5/h1-3,6H2. The van der Waals surface area contributed by atoms with Crippen LogP contribution in [0.4, 0.5) is 4.79 Å². The van der Waals surface area contributed by atoms with Crippen molar-refractivity contribution in [3.8, 4) is 0 Å². The second-order valence-corrected chi connectivity index (χ2v) is 2.65. The normalized spacial score (nSPS) is 29.0. The van der Waals surface area contributed by atoms with E-state index in [1.54, 1.807) is 0 Å². The van der Waals surface area contributed by atoms with E-state index in [1.165, 1.54) is 5.01 Å². The minimum absolute atomic E-state index is 0.0862. The Morgan fingerprint density at radius 2 is 2.33 bits per heavy atom. The molecule has 4 nitrogen and oxygen atoms in total. The lowest BCUT2D eigenvalue weighted by Gasteiger charge is -2.11. The Kier molecular flexibility index (Phi) is 0.679. The molecule has 0 aromatic carbocycles. The van der Waals surface area contributed by atoms with Crippen molar-refractivity contribution in [1.29, 1.82) is 0 Å². The molecular formula is C5H8N2O2. The maximum absolute atomic E-state index is 10.6. The first-order valence-corrected chi connectivity index (χ1v) is 2.96. The monoisotopic (exact) mass is 128 g/mol. The molecule has 1 spiro atoms. The van der Waals surface area contributed by atoms with E-state index in [-0.39, 0.29) is 11.6 Å². The van der Waals surface area contributed by atoms with E-state index in [0.717, 1.165) is 12.8 Å². The fourth-order valence-corrected chi connectivity index (χ4v) is 1.06. The molecule has 1 aliphatic heterocycles. The number of carbonyl (C=O) groups is 1. The van der Waals surface area contributed by atoms with E-state index < -0.39 is 0 Å². The predicted molar refractivity (Wildman–Crippen MR) is 29.3 cm³/mol. The third kappa shape index (κ3) is 0.483. The van der Waals surface area contributed by atoms with Crippen LogP contribution < -0.4 is 5.84 Å². The fourth-order valence-electron chi connectivity index (χ4n) is 1.06. The number of rotatable bonds is 0. The second kappa shape index (κ2) is 1.21. The summed E-state index contributed by atoms with van der Waals surface area (Å²) in [5, 5.41) is 1.22. The number of hydrogen-bond donors (Lipinski definition) is 1. The largest absolute Gasteiger partial charge is 0.446 e. The van der Waals surface area contributed by atoms with Crippen molar-refractivity contribution in [2.45, 2.75) is 18.4 Å². The van der Waals surface area contributed by atoms with Gasteiger partial charge in [-0.25, -0.2) is 15.6 Å². The zero-order chi connectivity index (χ0) is 6.48. The van der Waals surface area contributed by atoms with Gasteiger partial charge in [0, 0.05) is 0 Å². The number of cyclic esters (lactones) is 1. The summed E-state index contributed by atoms with van der Waals surface area (Å²) in [6.07, 6.45) is 1.61. The number of amides is 1. The van der Waals surface area contributed by atoms with Crippen molar-refractivity contribution in [3.63, 3.8) is 0 Å². The molecule has 0 bridgehead atoms. The van der Waals surface area contributed by atoms with Gasteiger partial charge in [-0.05, 0) is 12.8 Å². The van der Waals surface area contributed by atoms with E-state index >= 15 is 0 Å². The number of nitrogens with zero attached hydrogens (tertiary/aromatic N) is 1. The SMILES string of the molecule is NN1C(=O)OCC12CC2. The van der Waals surface area contributed by atoms with Crippen LogP contribution in [0.5, 0.6) is 0 Å². The Hall–Kier alpha value is -0.770. The van der Waals surface area contributed by atoms with Crippen LogP contribution in [0.25, 0.3) is 0 Å². The van der Waals surface area contributed by atoms with Gasteiger partial charge in [-0.3, -0.25) is 0 Å². The highest BCUT2D eigenvalue weighted by Gasteiger charge is 2.55. The molecule has 2 rings (SSSR count). The van der Waals surface area contributed by atoms with Crippen LogP contribution in [-0.4, -0.2) is 23.2 Å². The molecule has 0 unspecified atom stereocenters. The van der Waals surface area contributed by atoms with Crippen molar-refractivity contribution in [3.05, 3.63) is 0 Å². The zero-order valence-corrected chi connectivity index (χ0v) is 4.96. The van der Waals surface area contributed by atoms with Gasteiger partial charge in [0.05, 0.1) is 5.54 Å². The highest BCUT2D eigenvalue weighted by molar-refractivity contribution is 5.71. The van der Waals surface area contributed by atoms with Crippen molar-refractivity contribution >= 4 is 6.09 Å². The third-order valence-electron chi connectivity index (χ3n) is 2.00. The average molecular weight is 128 g/mol. The van der Waals surface area contributed by atoms with Gasteiger partial charge >= 0.3 is 6.09 Å². The van der Waals surface area contributed by atoms with Gasteiger partial charge in [0.1, 0.15) is 6.61 Å². The molecule has 2 fully saturated rings. The molecule has 1 saturated carbocycles. The zero-order valence-electron chi connectivity index (χ0n) is 4.96. The Morgan fingerprint density at radius 3 is 2.56 bits per heavy atom. The summed E-state index contributed by atoms with van der Waals surface area (Å²) in [4.78, 5) is 10.6. The van der Waals surface area contributed by atoms with Gasteiger partial charge < -0.3 is 4.74 Å². The minimum Gasteiger partial charge on any atom is -0.446 e. The summed E-state index contributed by atoms with van der Waals surface area (Å²) in [5.74, 6) is 5.38. The van der Waals surface area contributed by atoms with Crippen molar-refractivity contribution in [1.82, 2.24) is 5.01 Å². The predicted octanol–water partition coefficient (Wildman–Crippen LogP) is -0.155. The number of carbonyl (C=O) groups excluding carboxylic acids is 1. The van der Waals surface area contributed by atoms with E-state index in [2.05, 4.69) is 0 Å². The van der Waals surface area contributed by atoms with Gasteiger partial charge in [0.15, 0.2) is 0 Å². The van der Waals surface area contributed by atoms with Crippen molar-refractivity contribution in [2.24, 2.45) is 5.84 Å². The average Bonchev–Trinajstić information content (AvgIpc) is 2.57. The summed E-state index contributed by atoms with van der Waals surface area (Å²) in [6, 6.07) is 0. The fraction of sp³-hybridized carbons (Fsp3) is 0.800. The quantitative estimate of drug-likeness (QED) is 0.364. The third-order valence-corrected chi connectivity index (χ3v) is 2.00. The molecule has 50 valence electrons. The Balaban J connectivity index is 2.22. The van der Waals surface area contributed by atoms with E-state index in [9.17, 15) is 4.79 Å². The number of ether oxygens (including phenoxy) is 1. The van der Waals surface area contributed by atoms with Gasteiger partial charge in [-0.15, -0.1) is 0 Å². The molecule has 9 heavy (non-hydrogen) atoms. The van der Waals surface area contributed by atoms with E-state index in [0.29, 0.717) is 6.61 Å². The summed E-state index contributed by atoms with van der Waals surface area (Å²) < 4.78 is 4.70. The lowest BCUT2D eigenvalue weighted by molar-refractivity contribution is 0.158. The first kappa shape index (κ1) is 5.05. The minimum atomic E-state index is -0.382. The Labute approximate surface area is 52.5 Å². The van der Waals surface area contributed by atoms with Gasteiger partial charge in [0.2, 0.25) is 0 Å². The molecule has 2 N–H and O–H groups in total. The maximum atomic E-state index is 10.6. The molecule has 1 aliphatic carbocycles. The van der Waals surface area contributed by atoms with Gasteiger partial charge in [-0.2, -0.15) is 0 Å². The molecular weight excluding hydrogens is 120 g/mol. The summed E-state index contributed by atoms with van der Waals surface area (Å²) in [6.45, 7) is 0.488. The van der Waals surface area contributed by atoms with Crippen LogP contribution in [-0.2, 0) is 4.74 Å². The van der Waals surface area contributed by atoms with Crippen LogP contribution in [0.1, 0.15) is 12.8 Å². The summed E-state index contributed by atoms with van der Waals surface area (Å²) in [7, 11) is 0. The van der Waals surface area contributed by atoms with Crippen LogP contribution in [0, 0.1) is 0 Å². The highest BCUT2D eigenvalue weighted by atomic mass is 16.6.